The minimum Gasteiger partial charge on any atom is -0.198 e. The van der Waals surface area contributed by atoms with Gasteiger partial charge in [0.2, 0.25) is 0 Å². The van der Waals surface area contributed by atoms with Crippen molar-refractivity contribution in [3.8, 4) is 6.07 Å². The van der Waals surface area contributed by atoms with Crippen LogP contribution in [0, 0.1) is 11.3 Å². The van der Waals surface area contributed by atoms with E-state index in [2.05, 4.69) is 19.4 Å². The van der Waals surface area contributed by atoms with Gasteiger partial charge in [-0.25, -0.2) is 0 Å². The van der Waals surface area contributed by atoms with Crippen molar-refractivity contribution in [1.29, 1.82) is 5.26 Å². The summed E-state index contributed by atoms with van der Waals surface area (Å²) >= 11 is 0. The lowest BCUT2D eigenvalue weighted by molar-refractivity contribution is 0.976. The highest BCUT2D eigenvalue weighted by Crippen LogP contribution is 2.25. The van der Waals surface area contributed by atoms with Crippen LogP contribution in [-0.4, -0.2) is 19.5 Å². The van der Waals surface area contributed by atoms with Crippen LogP contribution < -0.4 is 0 Å². The predicted octanol–water partition coefficient (Wildman–Crippen LogP) is 2.03. The van der Waals surface area contributed by atoms with Crippen LogP contribution >= 0.6 is 7.92 Å². The molecule has 2 heteroatoms. The molecule has 0 atom stereocenters. The first-order chi connectivity index (χ1) is 3.77. The van der Waals surface area contributed by atoms with Crippen LogP contribution in [-0.2, 0) is 0 Å². The van der Waals surface area contributed by atoms with Gasteiger partial charge in [0.25, 0.3) is 0 Å². The van der Waals surface area contributed by atoms with Gasteiger partial charge in [0.15, 0.2) is 0 Å². The first-order valence-corrected chi connectivity index (χ1v) is 5.21. The maximum atomic E-state index is 8.14. The molecule has 0 unspecified atom stereocenters. The number of rotatable bonds is 3. The van der Waals surface area contributed by atoms with Gasteiger partial charge in [0, 0.05) is 6.42 Å². The number of unbranched alkanes of at least 4 members (excludes halogenated alkanes) is 1. The minimum atomic E-state index is 0.237. The molecular weight excluding hydrogens is 117 g/mol. The van der Waals surface area contributed by atoms with Gasteiger partial charge in [0.1, 0.15) is 0 Å². The van der Waals surface area contributed by atoms with E-state index in [9.17, 15) is 0 Å². The first-order valence-electron chi connectivity index (χ1n) is 2.79. The van der Waals surface area contributed by atoms with E-state index in [1.54, 1.807) is 0 Å². The Morgan fingerprint density at radius 3 is 2.50 bits per heavy atom. The molecule has 1 nitrogen and oxygen atoms in total. The minimum absolute atomic E-state index is 0.237. The van der Waals surface area contributed by atoms with E-state index in [0.717, 1.165) is 12.8 Å². The van der Waals surface area contributed by atoms with Crippen LogP contribution in [0.25, 0.3) is 0 Å². The molecule has 0 amide bonds. The fraction of sp³-hybridized carbons (Fsp3) is 0.833. The molecule has 0 aliphatic rings. The van der Waals surface area contributed by atoms with Gasteiger partial charge in [-0.1, -0.05) is 0 Å². The Balaban J connectivity index is 2.85. The molecule has 0 saturated carbocycles. The van der Waals surface area contributed by atoms with Crippen LogP contribution in [0.4, 0.5) is 0 Å². The van der Waals surface area contributed by atoms with E-state index in [-0.39, 0.29) is 7.92 Å². The summed E-state index contributed by atoms with van der Waals surface area (Å²) in [7, 11) is 0.237. The fourth-order valence-corrected chi connectivity index (χ4v) is 1.26. The van der Waals surface area contributed by atoms with Crippen molar-refractivity contribution in [1.82, 2.24) is 0 Å². The SMILES string of the molecule is CP(C)CCCC#N. The molecule has 0 bridgehead atoms. The Kier molecular flexibility index (Phi) is 5.01. The van der Waals surface area contributed by atoms with Crippen molar-refractivity contribution in [2.24, 2.45) is 0 Å². The molecule has 0 spiro atoms. The van der Waals surface area contributed by atoms with Gasteiger partial charge in [-0.2, -0.15) is 5.26 Å². The van der Waals surface area contributed by atoms with Crippen molar-refractivity contribution in [2.75, 3.05) is 19.5 Å². The number of nitrogens with zero attached hydrogens (tertiary/aromatic N) is 1. The van der Waals surface area contributed by atoms with Crippen LogP contribution in [0.3, 0.4) is 0 Å². The average molecular weight is 129 g/mol. The summed E-state index contributed by atoms with van der Waals surface area (Å²) in [6, 6.07) is 2.13. The van der Waals surface area contributed by atoms with Crippen LogP contribution in [0.5, 0.6) is 0 Å². The quantitative estimate of drug-likeness (QED) is 0.422. The Morgan fingerprint density at radius 2 is 2.12 bits per heavy atom. The summed E-state index contributed by atoms with van der Waals surface area (Å²) in [4.78, 5) is 0. The maximum absolute atomic E-state index is 8.14. The van der Waals surface area contributed by atoms with Gasteiger partial charge in [-0.3, -0.25) is 0 Å². The van der Waals surface area contributed by atoms with Crippen molar-refractivity contribution < 1.29 is 0 Å². The molecule has 0 N–H and O–H groups in total. The molecule has 0 heterocycles. The molecule has 46 valence electrons. The van der Waals surface area contributed by atoms with Gasteiger partial charge < -0.3 is 0 Å². The fourth-order valence-electron chi connectivity index (χ4n) is 0.474. The Hall–Kier alpha value is -0.0800. The van der Waals surface area contributed by atoms with Crippen molar-refractivity contribution in [2.45, 2.75) is 12.8 Å². The van der Waals surface area contributed by atoms with E-state index >= 15 is 0 Å². The summed E-state index contributed by atoms with van der Waals surface area (Å²) in [5.74, 6) is 0. The third-order valence-corrected chi connectivity index (χ3v) is 2.10. The second-order valence-corrected chi connectivity index (χ2v) is 4.67. The van der Waals surface area contributed by atoms with Crippen LogP contribution in [0.2, 0.25) is 0 Å². The maximum Gasteiger partial charge on any atom is 0.0621 e. The van der Waals surface area contributed by atoms with Crippen molar-refractivity contribution in [3.63, 3.8) is 0 Å². The molecule has 0 aromatic carbocycles. The van der Waals surface area contributed by atoms with E-state index < -0.39 is 0 Å². The third kappa shape index (κ3) is 5.92. The molecule has 0 fully saturated rings. The lowest BCUT2D eigenvalue weighted by atomic mass is 10.4. The number of nitriles is 1. The van der Waals surface area contributed by atoms with Crippen LogP contribution in [0.15, 0.2) is 0 Å². The summed E-state index contributed by atoms with van der Waals surface area (Å²) in [6.07, 6.45) is 3.08. The number of hydrogen-bond acceptors (Lipinski definition) is 1. The average Bonchev–Trinajstić information content (AvgIpc) is 1.66. The normalized spacial score (nSPS) is 9.25. The van der Waals surface area contributed by atoms with E-state index in [0.29, 0.717) is 0 Å². The highest BCUT2D eigenvalue weighted by Gasteiger charge is 1.89. The van der Waals surface area contributed by atoms with Gasteiger partial charge in [-0.15, -0.1) is 7.92 Å². The monoisotopic (exact) mass is 129 g/mol. The molecule has 0 aromatic rings. The lowest BCUT2D eigenvalue weighted by Crippen LogP contribution is -1.78. The highest BCUT2D eigenvalue weighted by molar-refractivity contribution is 7.55. The van der Waals surface area contributed by atoms with Gasteiger partial charge in [0.05, 0.1) is 6.07 Å². The Labute approximate surface area is 52.5 Å². The summed E-state index contributed by atoms with van der Waals surface area (Å²) in [5.41, 5.74) is 0. The summed E-state index contributed by atoms with van der Waals surface area (Å²) < 4.78 is 0. The summed E-state index contributed by atoms with van der Waals surface area (Å²) in [5, 5.41) is 8.14. The molecule has 0 aliphatic carbocycles. The second kappa shape index (κ2) is 5.06. The smallest absolute Gasteiger partial charge is 0.0621 e. The zero-order chi connectivity index (χ0) is 6.41. The Bertz CT molecular complexity index is 83.0. The third-order valence-electron chi connectivity index (χ3n) is 0.894. The second-order valence-electron chi connectivity index (χ2n) is 2.06. The molecular formula is C6H12NP. The number of hydrogen-bond donors (Lipinski definition) is 0. The molecule has 0 radical (unpaired) electrons. The van der Waals surface area contributed by atoms with Crippen molar-refractivity contribution in [3.05, 3.63) is 0 Å². The molecule has 0 aliphatic heterocycles. The molecule has 0 rings (SSSR count). The van der Waals surface area contributed by atoms with E-state index in [1.165, 1.54) is 6.16 Å². The lowest BCUT2D eigenvalue weighted by Gasteiger charge is -1.99. The zero-order valence-corrected chi connectivity index (χ0v) is 6.41. The molecule has 8 heavy (non-hydrogen) atoms. The largest absolute Gasteiger partial charge is 0.198 e. The highest BCUT2D eigenvalue weighted by atomic mass is 31.1. The standard InChI is InChI=1S/C6H12NP/c1-8(2)6-4-3-5-7/h3-4,6H2,1-2H3. The van der Waals surface area contributed by atoms with Gasteiger partial charge >= 0.3 is 0 Å². The molecule has 0 aromatic heterocycles. The van der Waals surface area contributed by atoms with Crippen molar-refractivity contribution >= 4 is 7.92 Å². The van der Waals surface area contributed by atoms with Crippen LogP contribution in [0.1, 0.15) is 12.8 Å². The van der Waals surface area contributed by atoms with Gasteiger partial charge in [-0.05, 0) is 25.9 Å². The topological polar surface area (TPSA) is 23.8 Å². The summed E-state index contributed by atoms with van der Waals surface area (Å²) in [6.45, 7) is 4.49. The first kappa shape index (κ1) is 7.92. The Morgan fingerprint density at radius 1 is 1.50 bits per heavy atom. The van der Waals surface area contributed by atoms with E-state index in [4.69, 9.17) is 5.26 Å². The zero-order valence-electron chi connectivity index (χ0n) is 5.52. The predicted molar refractivity (Wildman–Crippen MR) is 38.5 cm³/mol. The molecule has 0 saturated heterocycles. The van der Waals surface area contributed by atoms with E-state index in [1.807, 2.05) is 0 Å².